The van der Waals surface area contributed by atoms with E-state index in [-0.39, 0.29) is 35.4 Å². The van der Waals surface area contributed by atoms with Crippen LogP contribution in [0.2, 0.25) is 0 Å². The van der Waals surface area contributed by atoms with Gasteiger partial charge in [0.2, 0.25) is 0 Å². The molecule has 0 fully saturated rings. The predicted molar refractivity (Wildman–Crippen MR) is 78.1 cm³/mol. The van der Waals surface area contributed by atoms with Crippen LogP contribution in [-0.2, 0) is 12.6 Å². The van der Waals surface area contributed by atoms with Gasteiger partial charge in [0.25, 0.3) is 0 Å². The van der Waals surface area contributed by atoms with E-state index in [0.717, 1.165) is 11.3 Å². The summed E-state index contributed by atoms with van der Waals surface area (Å²) in [6, 6.07) is 15.7. The van der Waals surface area contributed by atoms with Gasteiger partial charge in [0.15, 0.2) is 5.82 Å². The molecule has 0 spiro atoms. The normalized spacial score (nSPS) is 10.1. The number of rotatable bonds is 2. The first-order valence-corrected chi connectivity index (χ1v) is 6.10. The van der Waals surface area contributed by atoms with Crippen molar-refractivity contribution in [3.63, 3.8) is 0 Å². The van der Waals surface area contributed by atoms with Gasteiger partial charge in [-0.15, -0.1) is 5.10 Å². The van der Waals surface area contributed by atoms with Gasteiger partial charge in [-0.05, 0) is 36.4 Å². The van der Waals surface area contributed by atoms with Crippen molar-refractivity contribution in [2.75, 3.05) is 0 Å². The molecule has 20 heavy (non-hydrogen) atoms. The molecule has 1 heterocycles. The molecule has 1 radical (unpaired) electrons. The van der Waals surface area contributed by atoms with Crippen molar-refractivity contribution in [1.82, 2.24) is 14.8 Å². The van der Waals surface area contributed by atoms with Crippen LogP contribution in [-0.4, -0.2) is 44.3 Å². The van der Waals surface area contributed by atoms with Crippen LogP contribution < -0.4 is 0 Å². The number of hydrogen-bond acceptors (Lipinski definition) is 3. The van der Waals surface area contributed by atoms with E-state index in [1.165, 1.54) is 12.1 Å². The molecule has 0 unspecified atom stereocenters. The summed E-state index contributed by atoms with van der Waals surface area (Å²) in [4.78, 5) is 0. The minimum Gasteiger partial charge on any atom is -0.740 e. The number of benzene rings is 2. The molecule has 3 aromatic rings. The monoisotopic (exact) mass is 293 g/mol. The standard InChI is InChI=1S/C14H10FN3S.Na/c15-11-8-6-10(7-9-11)13-16-17-14(19)18(13)12-4-2-1-3-5-12;/h1-9H,(H,17,19);/p-1. The summed E-state index contributed by atoms with van der Waals surface area (Å²) < 4.78 is 14.7. The molecule has 0 atom stereocenters. The number of aromatic nitrogens is 3. The Morgan fingerprint density at radius 1 is 0.900 bits per heavy atom. The number of para-hydroxylation sites is 1. The minimum absolute atomic E-state index is 0. The Morgan fingerprint density at radius 3 is 2.20 bits per heavy atom. The second-order valence-electron chi connectivity index (χ2n) is 3.98. The van der Waals surface area contributed by atoms with Crippen LogP contribution in [0.4, 0.5) is 4.39 Å². The van der Waals surface area contributed by atoms with E-state index >= 15 is 0 Å². The largest absolute Gasteiger partial charge is 0.740 e. The summed E-state index contributed by atoms with van der Waals surface area (Å²) in [7, 11) is 0. The van der Waals surface area contributed by atoms with Crippen LogP contribution in [0.5, 0.6) is 0 Å². The molecule has 0 aliphatic heterocycles. The molecular formula is C14H9FN3NaS-. The molecule has 0 saturated carbocycles. The molecule has 2 aromatic carbocycles. The number of nitrogens with zero attached hydrogens (tertiary/aromatic N) is 3. The zero-order chi connectivity index (χ0) is 13.2. The SMILES string of the molecule is Fc1ccc(-c2nnc([S-])n2-c2ccccc2)cc1.[Na]. The van der Waals surface area contributed by atoms with Gasteiger partial charge in [0.05, 0.1) is 0 Å². The van der Waals surface area contributed by atoms with Crippen molar-refractivity contribution in [1.29, 1.82) is 0 Å². The maximum Gasteiger partial charge on any atom is 0.167 e. The van der Waals surface area contributed by atoms with Crippen molar-refractivity contribution in [3.8, 4) is 17.1 Å². The summed E-state index contributed by atoms with van der Waals surface area (Å²) in [5, 5.41) is 8.38. The first kappa shape index (κ1) is 15.1. The zero-order valence-electron chi connectivity index (χ0n) is 10.8. The summed E-state index contributed by atoms with van der Waals surface area (Å²) in [5.74, 6) is 0.323. The average molecular weight is 293 g/mol. The van der Waals surface area contributed by atoms with Gasteiger partial charge in [0.1, 0.15) is 5.82 Å². The molecular weight excluding hydrogens is 284 g/mol. The molecule has 6 heteroatoms. The summed E-state index contributed by atoms with van der Waals surface area (Å²) in [5.41, 5.74) is 1.66. The minimum atomic E-state index is -0.284. The Morgan fingerprint density at radius 2 is 1.55 bits per heavy atom. The smallest absolute Gasteiger partial charge is 0.167 e. The summed E-state index contributed by atoms with van der Waals surface area (Å²) in [6.07, 6.45) is 0. The maximum atomic E-state index is 13.0. The Bertz CT molecular complexity index is 698. The van der Waals surface area contributed by atoms with E-state index in [4.69, 9.17) is 12.6 Å². The van der Waals surface area contributed by atoms with E-state index in [9.17, 15) is 4.39 Å². The van der Waals surface area contributed by atoms with Crippen LogP contribution in [0, 0.1) is 5.82 Å². The fourth-order valence-electron chi connectivity index (χ4n) is 1.87. The average Bonchev–Trinajstić information content (AvgIpc) is 2.82. The van der Waals surface area contributed by atoms with Crippen LogP contribution in [0.3, 0.4) is 0 Å². The van der Waals surface area contributed by atoms with Crippen LogP contribution in [0.25, 0.3) is 17.1 Å². The summed E-state index contributed by atoms with van der Waals surface area (Å²) >= 11 is 5.20. The van der Waals surface area contributed by atoms with Crippen molar-refractivity contribution < 1.29 is 4.39 Å². The van der Waals surface area contributed by atoms with Crippen molar-refractivity contribution in [2.45, 2.75) is 5.16 Å². The third-order valence-electron chi connectivity index (χ3n) is 2.75. The molecule has 1 aromatic heterocycles. The topological polar surface area (TPSA) is 30.7 Å². The molecule has 0 amide bonds. The number of hydrogen-bond donors (Lipinski definition) is 0. The van der Waals surface area contributed by atoms with Crippen LogP contribution in [0.15, 0.2) is 59.8 Å². The third kappa shape index (κ3) is 2.91. The first-order valence-electron chi connectivity index (χ1n) is 5.69. The Kier molecular flexibility index (Phi) is 4.88. The van der Waals surface area contributed by atoms with Gasteiger partial charge >= 0.3 is 0 Å². The molecule has 3 nitrogen and oxygen atoms in total. The van der Waals surface area contributed by atoms with Gasteiger partial charge in [-0.25, -0.2) is 4.39 Å². The Balaban J connectivity index is 0.00000147. The molecule has 0 bridgehead atoms. The van der Waals surface area contributed by atoms with Crippen LogP contribution in [0.1, 0.15) is 0 Å². The Labute approximate surface area is 143 Å². The summed E-state index contributed by atoms with van der Waals surface area (Å²) in [6.45, 7) is 0. The fraction of sp³-hybridized carbons (Fsp3) is 0. The molecule has 0 aliphatic rings. The third-order valence-corrected chi connectivity index (χ3v) is 3.01. The second-order valence-corrected chi connectivity index (χ2v) is 4.35. The van der Waals surface area contributed by atoms with E-state index in [0.29, 0.717) is 11.0 Å². The molecule has 0 saturated heterocycles. The van der Waals surface area contributed by atoms with E-state index in [1.807, 2.05) is 30.3 Å². The van der Waals surface area contributed by atoms with Gasteiger partial charge in [-0.3, -0.25) is 4.57 Å². The van der Waals surface area contributed by atoms with Gasteiger partial charge in [-0.1, -0.05) is 18.2 Å². The van der Waals surface area contributed by atoms with Crippen LogP contribution >= 0.6 is 0 Å². The number of halogens is 1. The molecule has 0 aliphatic carbocycles. The maximum absolute atomic E-state index is 13.0. The fourth-order valence-corrected chi connectivity index (χ4v) is 2.10. The molecule has 95 valence electrons. The Hall–Kier alpha value is -1.27. The van der Waals surface area contributed by atoms with Crippen molar-refractivity contribution in [3.05, 3.63) is 60.4 Å². The second kappa shape index (κ2) is 6.45. The zero-order valence-corrected chi connectivity index (χ0v) is 13.6. The van der Waals surface area contributed by atoms with E-state index < -0.39 is 0 Å². The quantitative estimate of drug-likeness (QED) is 0.537. The predicted octanol–water partition coefficient (Wildman–Crippen LogP) is 2.60. The molecule has 3 rings (SSSR count). The van der Waals surface area contributed by atoms with Gasteiger partial charge in [0, 0.05) is 46.0 Å². The van der Waals surface area contributed by atoms with Gasteiger partial charge in [-0.2, -0.15) is 5.10 Å². The van der Waals surface area contributed by atoms with Gasteiger partial charge < -0.3 is 12.6 Å². The first-order chi connectivity index (χ1) is 9.25. The van der Waals surface area contributed by atoms with Crippen molar-refractivity contribution >= 4 is 42.2 Å². The van der Waals surface area contributed by atoms with E-state index in [2.05, 4.69) is 10.2 Å². The van der Waals surface area contributed by atoms with Crippen molar-refractivity contribution in [2.24, 2.45) is 0 Å². The van der Waals surface area contributed by atoms with E-state index in [1.54, 1.807) is 16.7 Å². The molecule has 0 N–H and O–H groups in total.